The van der Waals surface area contributed by atoms with Gasteiger partial charge in [0.25, 0.3) is 5.91 Å². The second kappa shape index (κ2) is 12.2. The van der Waals surface area contributed by atoms with E-state index in [0.29, 0.717) is 35.2 Å². The minimum Gasteiger partial charge on any atom is -0.345 e. The zero-order valence-corrected chi connectivity index (χ0v) is 22.7. The van der Waals surface area contributed by atoms with Gasteiger partial charge in [-0.05, 0) is 38.4 Å². The van der Waals surface area contributed by atoms with Gasteiger partial charge in [-0.25, -0.2) is 9.97 Å². The summed E-state index contributed by atoms with van der Waals surface area (Å²) in [4.78, 5) is 54.4. The molecule has 4 heterocycles. The highest BCUT2D eigenvalue weighted by Gasteiger charge is 2.37. The molecule has 0 aromatic carbocycles. The maximum Gasteiger partial charge on any atom is 0.314 e. The Kier molecular flexibility index (Phi) is 8.92. The van der Waals surface area contributed by atoms with E-state index in [9.17, 15) is 14.4 Å². The van der Waals surface area contributed by atoms with Gasteiger partial charge in [-0.2, -0.15) is 4.98 Å². The van der Waals surface area contributed by atoms with Gasteiger partial charge in [-0.1, -0.05) is 16.8 Å². The SMILES string of the molecule is CN1CCc2nc(C(=O)N[C@@H]3C[C@@H](c4ncno4)CC[C@@H]3NC(=O)C(=O)Nc3ccc(Cl)cn3)sc2C1.Cl. The summed E-state index contributed by atoms with van der Waals surface area (Å²) in [5.41, 5.74) is 0.956. The van der Waals surface area contributed by atoms with Crippen LogP contribution in [0.15, 0.2) is 29.2 Å². The fraction of sp³-hybridized carbons (Fsp3) is 0.435. The van der Waals surface area contributed by atoms with Gasteiger partial charge in [-0.15, -0.1) is 23.7 Å². The molecule has 5 rings (SSSR count). The summed E-state index contributed by atoms with van der Waals surface area (Å²) in [6.45, 7) is 1.66. The van der Waals surface area contributed by atoms with Gasteiger partial charge in [0.05, 0.1) is 16.8 Å². The first-order valence-electron chi connectivity index (χ1n) is 11.8. The third-order valence-electron chi connectivity index (χ3n) is 6.50. The lowest BCUT2D eigenvalue weighted by Crippen LogP contribution is -2.56. The molecule has 1 aliphatic carbocycles. The third-order valence-corrected chi connectivity index (χ3v) is 7.81. The molecule has 3 N–H and O–H groups in total. The van der Waals surface area contributed by atoms with Gasteiger partial charge in [0.15, 0.2) is 11.3 Å². The number of fused-ring (bicyclic) bond motifs is 1. The topological polar surface area (TPSA) is 155 Å². The van der Waals surface area contributed by atoms with Crippen molar-refractivity contribution in [2.75, 3.05) is 18.9 Å². The highest BCUT2D eigenvalue weighted by Crippen LogP contribution is 2.32. The normalized spacial score (nSPS) is 21.1. The van der Waals surface area contributed by atoms with Crippen LogP contribution in [0, 0.1) is 0 Å². The summed E-state index contributed by atoms with van der Waals surface area (Å²) in [6.07, 6.45) is 5.09. The average Bonchev–Trinajstić information content (AvgIpc) is 3.56. The molecule has 202 valence electrons. The number of anilines is 1. The molecule has 3 atom stereocenters. The molecule has 0 saturated heterocycles. The second-order valence-corrected chi connectivity index (χ2v) is 10.7. The van der Waals surface area contributed by atoms with Crippen molar-refractivity contribution in [3.8, 4) is 0 Å². The lowest BCUT2D eigenvalue weighted by Gasteiger charge is -2.35. The summed E-state index contributed by atoms with van der Waals surface area (Å²) in [5.74, 6) is -1.42. The monoisotopic (exact) mass is 580 g/mol. The minimum atomic E-state index is -0.865. The smallest absolute Gasteiger partial charge is 0.314 e. The van der Waals surface area contributed by atoms with Crippen molar-refractivity contribution < 1.29 is 18.9 Å². The van der Waals surface area contributed by atoms with E-state index in [-0.39, 0.29) is 30.0 Å². The summed E-state index contributed by atoms with van der Waals surface area (Å²) >= 11 is 7.20. The number of thiazole rings is 1. The highest BCUT2D eigenvalue weighted by molar-refractivity contribution is 7.13. The third kappa shape index (κ3) is 6.46. The van der Waals surface area contributed by atoms with E-state index in [2.05, 4.69) is 41.0 Å². The maximum absolute atomic E-state index is 13.2. The Morgan fingerprint density at radius 1 is 1.13 bits per heavy atom. The van der Waals surface area contributed by atoms with Crippen molar-refractivity contribution in [3.63, 3.8) is 0 Å². The predicted molar refractivity (Wildman–Crippen MR) is 141 cm³/mol. The molecule has 1 fully saturated rings. The number of carbonyl (C=O) groups excluding carboxylic acids is 3. The molecule has 0 radical (unpaired) electrons. The van der Waals surface area contributed by atoms with Crippen molar-refractivity contribution in [1.82, 2.24) is 35.6 Å². The molecule has 38 heavy (non-hydrogen) atoms. The van der Waals surface area contributed by atoms with Crippen LogP contribution >= 0.6 is 35.3 Å². The van der Waals surface area contributed by atoms with E-state index in [1.807, 2.05) is 7.05 Å². The van der Waals surface area contributed by atoms with Crippen LogP contribution in [0.5, 0.6) is 0 Å². The number of amides is 3. The number of aromatic nitrogens is 4. The van der Waals surface area contributed by atoms with E-state index in [1.165, 1.54) is 29.9 Å². The Morgan fingerprint density at radius 3 is 2.71 bits per heavy atom. The minimum absolute atomic E-state index is 0. The molecule has 15 heteroatoms. The zero-order chi connectivity index (χ0) is 25.9. The molecule has 3 aromatic heterocycles. The average molecular weight is 581 g/mol. The Bertz CT molecular complexity index is 1290. The zero-order valence-electron chi connectivity index (χ0n) is 20.3. The Morgan fingerprint density at radius 2 is 1.97 bits per heavy atom. The first-order valence-corrected chi connectivity index (χ1v) is 13.0. The molecular formula is C23H26Cl2N8O4S. The molecule has 12 nitrogen and oxygen atoms in total. The predicted octanol–water partition coefficient (Wildman–Crippen LogP) is 2.17. The number of likely N-dealkylation sites (N-methyl/N-ethyl adjacent to an activating group) is 1. The van der Waals surface area contributed by atoms with Crippen LogP contribution in [-0.4, -0.2) is 68.4 Å². The molecule has 1 saturated carbocycles. The van der Waals surface area contributed by atoms with E-state index >= 15 is 0 Å². The number of nitrogens with one attached hydrogen (secondary N) is 3. The standard InChI is InChI=1S/C23H25ClN8O4S.ClH/c1-32-7-6-15-17(10-32)37-23(30-15)21(35)29-16-8-12(22-26-11-27-36-22)2-4-14(16)28-19(33)20(34)31-18-5-3-13(24)9-25-18;/h3,5,9,11-12,14,16H,2,4,6-8,10H2,1H3,(H,28,33)(H,29,35)(H,25,31,34);1H/t12-,14-,16+;/m0./s1. The van der Waals surface area contributed by atoms with Gasteiger partial charge >= 0.3 is 11.8 Å². The van der Waals surface area contributed by atoms with Crippen molar-refractivity contribution in [1.29, 1.82) is 0 Å². The number of hydrogen-bond donors (Lipinski definition) is 3. The molecule has 2 aliphatic rings. The lowest BCUT2D eigenvalue weighted by atomic mass is 9.82. The highest BCUT2D eigenvalue weighted by atomic mass is 35.5. The van der Waals surface area contributed by atoms with Gasteiger partial charge in [0.2, 0.25) is 5.89 Å². The molecule has 3 aromatic rings. The van der Waals surface area contributed by atoms with Crippen LogP contribution in [0.3, 0.4) is 0 Å². The van der Waals surface area contributed by atoms with Gasteiger partial charge in [-0.3, -0.25) is 14.4 Å². The summed E-state index contributed by atoms with van der Waals surface area (Å²) in [5, 5.41) is 12.7. The van der Waals surface area contributed by atoms with Crippen LogP contribution in [0.1, 0.15) is 51.4 Å². The van der Waals surface area contributed by atoms with E-state index < -0.39 is 23.9 Å². The number of carbonyl (C=O) groups is 3. The molecule has 0 unspecified atom stereocenters. The van der Waals surface area contributed by atoms with Crippen LogP contribution in [-0.2, 0) is 22.6 Å². The summed E-state index contributed by atoms with van der Waals surface area (Å²) in [6, 6.07) is 2.09. The van der Waals surface area contributed by atoms with Crippen LogP contribution in [0.2, 0.25) is 5.02 Å². The van der Waals surface area contributed by atoms with Crippen molar-refractivity contribution in [3.05, 3.63) is 51.1 Å². The largest absolute Gasteiger partial charge is 0.345 e. The number of rotatable bonds is 5. The first-order chi connectivity index (χ1) is 17.9. The van der Waals surface area contributed by atoms with Crippen LogP contribution < -0.4 is 16.0 Å². The van der Waals surface area contributed by atoms with Gasteiger partial charge in [0, 0.05) is 42.5 Å². The summed E-state index contributed by atoms with van der Waals surface area (Å²) in [7, 11) is 2.04. The second-order valence-electron chi connectivity index (χ2n) is 9.14. The van der Waals surface area contributed by atoms with Crippen molar-refractivity contribution in [2.45, 2.75) is 50.2 Å². The van der Waals surface area contributed by atoms with Gasteiger partial charge in [0.1, 0.15) is 5.82 Å². The molecular weight excluding hydrogens is 555 g/mol. The van der Waals surface area contributed by atoms with Crippen LogP contribution in [0.4, 0.5) is 5.82 Å². The van der Waals surface area contributed by atoms with E-state index in [1.54, 1.807) is 6.07 Å². The lowest BCUT2D eigenvalue weighted by molar-refractivity contribution is -0.136. The number of halogens is 2. The number of pyridine rings is 1. The number of hydrogen-bond acceptors (Lipinski definition) is 10. The fourth-order valence-electron chi connectivity index (χ4n) is 4.60. The molecule has 1 aliphatic heterocycles. The first kappa shape index (κ1) is 27.9. The molecule has 3 amide bonds. The van der Waals surface area contributed by atoms with Crippen molar-refractivity contribution >= 4 is 58.9 Å². The Labute approximate surface area is 233 Å². The molecule has 0 bridgehead atoms. The van der Waals surface area contributed by atoms with Crippen LogP contribution in [0.25, 0.3) is 0 Å². The quantitative estimate of drug-likeness (QED) is 0.385. The van der Waals surface area contributed by atoms with E-state index in [4.69, 9.17) is 16.1 Å². The van der Waals surface area contributed by atoms with Gasteiger partial charge < -0.3 is 25.4 Å². The van der Waals surface area contributed by atoms with E-state index in [0.717, 1.165) is 30.1 Å². The number of nitrogens with zero attached hydrogens (tertiary/aromatic N) is 5. The fourth-order valence-corrected chi connectivity index (χ4v) is 5.80. The summed E-state index contributed by atoms with van der Waals surface area (Å²) < 4.78 is 5.25. The Balaban J connectivity index is 0.00000336. The maximum atomic E-state index is 13.2. The Hall–Kier alpha value is -3.13. The molecule has 0 spiro atoms. The van der Waals surface area contributed by atoms with Crippen molar-refractivity contribution in [2.24, 2.45) is 0 Å².